The quantitative estimate of drug-likeness (QED) is 0.541. The molecule has 0 aromatic carbocycles. The predicted molar refractivity (Wildman–Crippen MR) is 90.5 cm³/mol. The number of hydrogen-bond acceptors (Lipinski definition) is 9. The Kier molecular flexibility index (Phi) is 3.48. The highest BCUT2D eigenvalue weighted by Gasteiger charge is 2.31. The lowest BCUT2D eigenvalue weighted by Gasteiger charge is -2.30. The maximum atomic E-state index is 10.8. The van der Waals surface area contributed by atoms with Crippen LogP contribution < -0.4 is 10.5 Å². The third-order valence-electron chi connectivity index (χ3n) is 4.07. The SMILES string of the molecule is C/C(=N\Nc1nc2sc3c(c2c2ncnn12)CC(C)(C)OC3)C(=O)[O-]. The molecule has 3 aromatic heterocycles. The minimum absolute atomic E-state index is 0.184. The zero-order chi connectivity index (χ0) is 17.8. The molecule has 4 rings (SSSR count). The Balaban J connectivity index is 1.89. The summed E-state index contributed by atoms with van der Waals surface area (Å²) in [4.78, 5) is 21.6. The van der Waals surface area contributed by atoms with Gasteiger partial charge in [0.05, 0.1) is 29.3 Å². The van der Waals surface area contributed by atoms with Gasteiger partial charge < -0.3 is 14.6 Å². The Bertz CT molecular complexity index is 1030. The molecule has 25 heavy (non-hydrogen) atoms. The lowest BCUT2D eigenvalue weighted by atomic mass is 9.94. The minimum Gasteiger partial charge on any atom is -0.543 e. The molecule has 0 atom stereocenters. The van der Waals surface area contributed by atoms with Gasteiger partial charge in [-0.25, -0.2) is 15.4 Å². The average molecular weight is 359 g/mol. The Labute approximate surface area is 146 Å². The van der Waals surface area contributed by atoms with E-state index in [9.17, 15) is 9.90 Å². The number of aromatic nitrogens is 4. The zero-order valence-electron chi connectivity index (χ0n) is 13.9. The van der Waals surface area contributed by atoms with E-state index in [-0.39, 0.29) is 11.3 Å². The summed E-state index contributed by atoms with van der Waals surface area (Å²) in [6, 6.07) is 0. The number of carboxylic acids is 1. The predicted octanol–water partition coefficient (Wildman–Crippen LogP) is 0.728. The normalized spacial score (nSPS) is 17.0. The van der Waals surface area contributed by atoms with Crippen molar-refractivity contribution in [3.05, 3.63) is 16.8 Å². The number of hydrazone groups is 1. The van der Waals surface area contributed by atoms with E-state index in [1.54, 1.807) is 0 Å². The largest absolute Gasteiger partial charge is 0.543 e. The first-order valence-electron chi connectivity index (χ1n) is 7.65. The van der Waals surface area contributed by atoms with Gasteiger partial charge in [-0.15, -0.1) is 11.3 Å². The maximum absolute atomic E-state index is 10.8. The van der Waals surface area contributed by atoms with Crippen molar-refractivity contribution in [2.75, 3.05) is 5.43 Å². The van der Waals surface area contributed by atoms with Gasteiger partial charge in [-0.05, 0) is 26.3 Å². The van der Waals surface area contributed by atoms with Crippen LogP contribution >= 0.6 is 11.3 Å². The second-order valence-corrected chi connectivity index (χ2v) is 7.52. The first kappa shape index (κ1) is 15.9. The van der Waals surface area contributed by atoms with Crippen LogP contribution in [0.15, 0.2) is 11.4 Å². The first-order chi connectivity index (χ1) is 11.9. The van der Waals surface area contributed by atoms with Gasteiger partial charge in [-0.3, -0.25) is 0 Å². The fraction of sp³-hybridized carbons (Fsp3) is 0.400. The number of nitrogens with one attached hydrogen (secondary N) is 1. The zero-order valence-corrected chi connectivity index (χ0v) is 14.7. The van der Waals surface area contributed by atoms with Crippen LogP contribution in [0.25, 0.3) is 15.9 Å². The van der Waals surface area contributed by atoms with Crippen molar-refractivity contribution in [1.29, 1.82) is 0 Å². The summed E-state index contributed by atoms with van der Waals surface area (Å²) >= 11 is 1.54. The Morgan fingerprint density at radius 1 is 1.52 bits per heavy atom. The molecule has 1 aliphatic rings. The van der Waals surface area contributed by atoms with Crippen molar-refractivity contribution in [3.8, 4) is 0 Å². The van der Waals surface area contributed by atoms with Gasteiger partial charge in [0.2, 0.25) is 5.95 Å². The van der Waals surface area contributed by atoms with Crippen LogP contribution in [0.2, 0.25) is 0 Å². The van der Waals surface area contributed by atoms with E-state index >= 15 is 0 Å². The maximum Gasteiger partial charge on any atom is 0.248 e. The molecule has 0 bridgehead atoms. The lowest BCUT2D eigenvalue weighted by molar-refractivity contribution is -0.294. The summed E-state index contributed by atoms with van der Waals surface area (Å²) in [5, 5.41) is 19.7. The van der Waals surface area contributed by atoms with E-state index in [1.807, 2.05) is 0 Å². The number of hydrogen-bond donors (Lipinski definition) is 1. The van der Waals surface area contributed by atoms with Crippen molar-refractivity contribution in [2.45, 2.75) is 39.4 Å². The van der Waals surface area contributed by atoms with Gasteiger partial charge in [0, 0.05) is 11.3 Å². The van der Waals surface area contributed by atoms with Crippen molar-refractivity contribution < 1.29 is 14.6 Å². The summed E-state index contributed by atoms with van der Waals surface area (Å²) in [7, 11) is 0. The number of aliphatic carboxylic acids is 1. The Hall–Kier alpha value is -2.59. The highest BCUT2D eigenvalue weighted by molar-refractivity contribution is 7.19. The number of carboxylic acid groups (broad SMARTS) is 1. The lowest BCUT2D eigenvalue weighted by Crippen LogP contribution is -2.31. The van der Waals surface area contributed by atoms with Gasteiger partial charge in [-0.2, -0.15) is 14.7 Å². The van der Waals surface area contributed by atoms with Gasteiger partial charge in [0.25, 0.3) is 0 Å². The number of carbonyl (C=O) groups excluding carboxylic acids is 1. The van der Waals surface area contributed by atoms with Crippen molar-refractivity contribution in [3.63, 3.8) is 0 Å². The molecule has 3 aromatic rings. The fourth-order valence-electron chi connectivity index (χ4n) is 2.81. The monoisotopic (exact) mass is 359 g/mol. The number of fused-ring (bicyclic) bond motifs is 5. The van der Waals surface area contributed by atoms with Crippen molar-refractivity contribution in [1.82, 2.24) is 19.6 Å². The molecule has 0 amide bonds. The molecule has 0 radical (unpaired) electrons. The van der Waals surface area contributed by atoms with Crippen LogP contribution in [-0.2, 0) is 22.6 Å². The van der Waals surface area contributed by atoms with E-state index < -0.39 is 5.97 Å². The van der Waals surface area contributed by atoms with Crippen LogP contribution in [0.3, 0.4) is 0 Å². The van der Waals surface area contributed by atoms with Crippen LogP contribution in [0.4, 0.5) is 5.95 Å². The number of nitrogens with zero attached hydrogens (tertiary/aromatic N) is 5. The molecule has 130 valence electrons. The average Bonchev–Trinajstić information content (AvgIpc) is 3.14. The molecule has 0 saturated carbocycles. The van der Waals surface area contributed by atoms with Crippen LogP contribution in [0.1, 0.15) is 31.2 Å². The molecular formula is C15H15N6O3S-. The number of anilines is 1. The van der Waals surface area contributed by atoms with Gasteiger partial charge in [0.1, 0.15) is 11.2 Å². The van der Waals surface area contributed by atoms with Crippen LogP contribution in [0.5, 0.6) is 0 Å². The van der Waals surface area contributed by atoms with E-state index in [0.717, 1.165) is 21.5 Å². The molecule has 9 nitrogen and oxygen atoms in total. The highest BCUT2D eigenvalue weighted by Crippen LogP contribution is 2.40. The number of thiophene rings is 1. The van der Waals surface area contributed by atoms with Crippen LogP contribution in [-0.4, -0.2) is 36.9 Å². The van der Waals surface area contributed by atoms with Gasteiger partial charge in [0.15, 0.2) is 5.65 Å². The number of carbonyl (C=O) groups is 1. The molecule has 0 aliphatic carbocycles. The molecule has 0 fully saturated rings. The molecule has 0 unspecified atom stereocenters. The van der Waals surface area contributed by atoms with Gasteiger partial charge in [-0.1, -0.05) is 0 Å². The van der Waals surface area contributed by atoms with E-state index in [2.05, 4.69) is 39.4 Å². The van der Waals surface area contributed by atoms with Gasteiger partial charge >= 0.3 is 0 Å². The molecular weight excluding hydrogens is 344 g/mol. The summed E-state index contributed by atoms with van der Waals surface area (Å²) in [5.41, 5.74) is 4.05. The molecule has 0 spiro atoms. The molecule has 0 saturated heterocycles. The summed E-state index contributed by atoms with van der Waals surface area (Å²) < 4.78 is 7.40. The summed E-state index contributed by atoms with van der Waals surface area (Å²) in [6.45, 7) is 5.99. The van der Waals surface area contributed by atoms with E-state index in [0.29, 0.717) is 18.2 Å². The summed E-state index contributed by atoms with van der Waals surface area (Å²) in [6.07, 6.45) is 2.20. The Morgan fingerprint density at radius 3 is 3.08 bits per heavy atom. The number of rotatable bonds is 3. The number of ether oxygens (including phenoxy) is 1. The molecule has 4 heterocycles. The Morgan fingerprint density at radius 2 is 2.32 bits per heavy atom. The standard InChI is InChI=1S/C15H16N6O3S/c1-7(13(22)23)19-20-14-18-12-10(11-16-6-17-21(11)14)8-4-15(2,3)24-5-9(8)25-12/h6H,4-5H2,1-3H3,(H,18,20)(H,22,23)/p-1/b19-7+. The topological polar surface area (TPSA) is 117 Å². The highest BCUT2D eigenvalue weighted by atomic mass is 32.1. The van der Waals surface area contributed by atoms with E-state index in [1.165, 1.54) is 34.7 Å². The second kappa shape index (κ2) is 5.46. The molecule has 10 heteroatoms. The minimum atomic E-state index is -1.35. The van der Waals surface area contributed by atoms with Crippen molar-refractivity contribution >= 4 is 44.8 Å². The van der Waals surface area contributed by atoms with Crippen molar-refractivity contribution in [2.24, 2.45) is 5.10 Å². The second-order valence-electron chi connectivity index (χ2n) is 6.44. The summed E-state index contributed by atoms with van der Waals surface area (Å²) in [5.74, 6) is -1.06. The third-order valence-corrected chi connectivity index (χ3v) is 5.17. The fourth-order valence-corrected chi connectivity index (χ4v) is 3.91. The molecule has 1 N–H and O–H groups in total. The first-order valence-corrected chi connectivity index (χ1v) is 8.47. The van der Waals surface area contributed by atoms with Crippen LogP contribution in [0, 0.1) is 0 Å². The molecule has 1 aliphatic heterocycles. The van der Waals surface area contributed by atoms with E-state index in [4.69, 9.17) is 4.74 Å². The smallest absolute Gasteiger partial charge is 0.248 e. The third kappa shape index (κ3) is 2.63.